The number of methoxy groups -OCH3 is 1. The Kier molecular flexibility index (Phi) is 4.46. The standard InChI is InChI=1S/C13H15ClNO3P/c1-18-13(16)12(10-11-6-3-2-4-7-11)15-8-5-9-19(15,14)17/h2-7,9,12H,8,10H2,1H3. The van der Waals surface area contributed by atoms with Gasteiger partial charge in [-0.2, -0.15) is 0 Å². The third-order valence-electron chi connectivity index (χ3n) is 3.04. The van der Waals surface area contributed by atoms with Crippen LogP contribution in [0.25, 0.3) is 0 Å². The first-order valence-corrected chi connectivity index (χ1v) is 8.54. The van der Waals surface area contributed by atoms with Gasteiger partial charge >= 0.3 is 5.97 Å². The lowest BCUT2D eigenvalue weighted by Crippen LogP contribution is -2.39. The first-order chi connectivity index (χ1) is 9.04. The molecule has 1 aliphatic heterocycles. The van der Waals surface area contributed by atoms with E-state index in [1.165, 1.54) is 17.6 Å². The zero-order valence-corrected chi connectivity index (χ0v) is 12.2. The lowest BCUT2D eigenvalue weighted by Gasteiger charge is -2.27. The first-order valence-electron chi connectivity index (χ1n) is 5.90. The summed E-state index contributed by atoms with van der Waals surface area (Å²) in [5.41, 5.74) is 0.974. The summed E-state index contributed by atoms with van der Waals surface area (Å²) in [4.78, 5) is 11.9. The molecule has 0 bridgehead atoms. The molecule has 2 atom stereocenters. The van der Waals surface area contributed by atoms with Crippen molar-refractivity contribution in [2.75, 3.05) is 13.7 Å². The molecular weight excluding hydrogens is 285 g/mol. The maximum absolute atomic E-state index is 12.2. The van der Waals surface area contributed by atoms with E-state index < -0.39 is 18.7 Å². The van der Waals surface area contributed by atoms with E-state index in [9.17, 15) is 9.36 Å². The Hall–Kier alpha value is -1.09. The van der Waals surface area contributed by atoms with Crippen LogP contribution in [0, 0.1) is 0 Å². The van der Waals surface area contributed by atoms with Gasteiger partial charge in [-0.15, -0.1) is 0 Å². The average molecular weight is 300 g/mol. The predicted octanol–water partition coefficient (Wildman–Crippen LogP) is 3.03. The van der Waals surface area contributed by atoms with Gasteiger partial charge in [-0.05, 0) is 23.2 Å². The molecule has 2 unspecified atom stereocenters. The van der Waals surface area contributed by atoms with E-state index in [1.54, 1.807) is 6.08 Å². The van der Waals surface area contributed by atoms with Crippen LogP contribution in [0.3, 0.4) is 0 Å². The van der Waals surface area contributed by atoms with E-state index in [0.29, 0.717) is 13.0 Å². The largest absolute Gasteiger partial charge is 0.468 e. The SMILES string of the molecule is COC(=O)C(Cc1ccccc1)N1CC=CP1(=O)Cl. The van der Waals surface area contributed by atoms with Crippen LogP contribution in [0.5, 0.6) is 0 Å². The van der Waals surface area contributed by atoms with E-state index in [0.717, 1.165) is 5.56 Å². The molecule has 0 aromatic heterocycles. The summed E-state index contributed by atoms with van der Waals surface area (Å²) in [5, 5.41) is 0. The van der Waals surface area contributed by atoms with Crippen molar-refractivity contribution in [3.63, 3.8) is 0 Å². The van der Waals surface area contributed by atoms with Crippen molar-refractivity contribution in [2.45, 2.75) is 12.5 Å². The van der Waals surface area contributed by atoms with E-state index in [1.807, 2.05) is 30.3 Å². The second-order valence-electron chi connectivity index (χ2n) is 4.28. The lowest BCUT2D eigenvalue weighted by molar-refractivity contribution is -0.145. The molecule has 4 nitrogen and oxygen atoms in total. The summed E-state index contributed by atoms with van der Waals surface area (Å²) in [6.45, 7) is -2.69. The van der Waals surface area contributed by atoms with Gasteiger partial charge in [0.25, 0.3) is 6.65 Å². The number of benzene rings is 1. The molecule has 1 heterocycles. The highest BCUT2D eigenvalue weighted by molar-refractivity contribution is 7.90. The van der Waals surface area contributed by atoms with Crippen molar-refractivity contribution >= 4 is 23.9 Å². The van der Waals surface area contributed by atoms with Crippen molar-refractivity contribution in [1.29, 1.82) is 0 Å². The molecular formula is C13H15ClNO3P. The number of nitrogens with zero attached hydrogens (tertiary/aromatic N) is 1. The minimum atomic E-state index is -3.09. The summed E-state index contributed by atoms with van der Waals surface area (Å²) in [7, 11) is 1.32. The number of ether oxygens (including phenoxy) is 1. The van der Waals surface area contributed by atoms with E-state index >= 15 is 0 Å². The van der Waals surface area contributed by atoms with Crippen LogP contribution >= 0.6 is 17.9 Å². The zero-order chi connectivity index (χ0) is 13.9. The number of esters is 1. The van der Waals surface area contributed by atoms with Crippen LogP contribution in [-0.2, 0) is 20.5 Å². The van der Waals surface area contributed by atoms with Crippen molar-refractivity contribution in [1.82, 2.24) is 4.67 Å². The molecule has 102 valence electrons. The minimum absolute atomic E-state index is 0.396. The second kappa shape index (κ2) is 5.91. The number of hydrogen-bond donors (Lipinski definition) is 0. The molecule has 6 heteroatoms. The van der Waals surface area contributed by atoms with Crippen LogP contribution in [0.2, 0.25) is 0 Å². The maximum Gasteiger partial charge on any atom is 0.323 e. The highest BCUT2D eigenvalue weighted by atomic mass is 35.7. The first kappa shape index (κ1) is 14.3. The van der Waals surface area contributed by atoms with Crippen LogP contribution in [0.4, 0.5) is 0 Å². The topological polar surface area (TPSA) is 46.6 Å². The van der Waals surface area contributed by atoms with Crippen LogP contribution in [0.1, 0.15) is 5.56 Å². The average Bonchev–Trinajstić information content (AvgIpc) is 2.76. The molecule has 0 saturated heterocycles. The molecule has 0 saturated carbocycles. The Labute approximate surface area is 117 Å². The van der Waals surface area contributed by atoms with Gasteiger partial charge in [-0.1, -0.05) is 36.4 Å². The van der Waals surface area contributed by atoms with E-state index in [-0.39, 0.29) is 0 Å². The number of halogens is 1. The van der Waals surface area contributed by atoms with Gasteiger partial charge in [0, 0.05) is 12.4 Å². The van der Waals surface area contributed by atoms with Gasteiger partial charge in [0.1, 0.15) is 6.04 Å². The maximum atomic E-state index is 12.2. The molecule has 0 fully saturated rings. The van der Waals surface area contributed by atoms with E-state index in [2.05, 4.69) is 0 Å². The van der Waals surface area contributed by atoms with Gasteiger partial charge in [-0.3, -0.25) is 9.36 Å². The zero-order valence-electron chi connectivity index (χ0n) is 10.5. The molecule has 1 aromatic carbocycles. The minimum Gasteiger partial charge on any atom is -0.468 e. The van der Waals surface area contributed by atoms with Crippen LogP contribution in [0.15, 0.2) is 42.2 Å². The van der Waals surface area contributed by atoms with Crippen LogP contribution < -0.4 is 0 Å². The van der Waals surface area contributed by atoms with Crippen molar-refractivity contribution in [3.05, 3.63) is 47.8 Å². The Morgan fingerprint density at radius 3 is 2.68 bits per heavy atom. The van der Waals surface area contributed by atoms with Crippen molar-refractivity contribution < 1.29 is 14.1 Å². The number of rotatable bonds is 4. The smallest absolute Gasteiger partial charge is 0.323 e. The number of carbonyl (C=O) groups excluding carboxylic acids is 1. The van der Waals surface area contributed by atoms with Gasteiger partial charge < -0.3 is 4.74 Å². The summed E-state index contributed by atoms with van der Waals surface area (Å²) < 4.78 is 18.5. The highest BCUT2D eigenvalue weighted by Gasteiger charge is 2.39. The number of hydrogen-bond acceptors (Lipinski definition) is 3. The molecule has 0 aliphatic carbocycles. The quantitative estimate of drug-likeness (QED) is 0.633. The normalized spacial score (nSPS) is 24.3. The fraction of sp³-hybridized carbons (Fsp3) is 0.308. The molecule has 0 spiro atoms. The monoisotopic (exact) mass is 299 g/mol. The fourth-order valence-corrected chi connectivity index (χ4v) is 4.22. The molecule has 1 aliphatic rings. The summed E-state index contributed by atoms with van der Waals surface area (Å²) in [5.74, 6) is 1.04. The summed E-state index contributed by atoms with van der Waals surface area (Å²) in [6.07, 6.45) is 2.14. The third kappa shape index (κ3) is 3.27. The van der Waals surface area contributed by atoms with E-state index in [4.69, 9.17) is 16.0 Å². The molecule has 0 radical (unpaired) electrons. The molecule has 19 heavy (non-hydrogen) atoms. The molecule has 1 aromatic rings. The Balaban J connectivity index is 2.23. The highest BCUT2D eigenvalue weighted by Crippen LogP contribution is 2.60. The second-order valence-corrected chi connectivity index (χ2v) is 7.63. The number of carbonyl (C=O) groups is 1. The van der Waals surface area contributed by atoms with Gasteiger partial charge in [0.15, 0.2) is 0 Å². The van der Waals surface area contributed by atoms with Crippen molar-refractivity contribution in [2.24, 2.45) is 0 Å². The van der Waals surface area contributed by atoms with Gasteiger partial charge in [-0.25, -0.2) is 4.67 Å². The van der Waals surface area contributed by atoms with Gasteiger partial charge in [0.2, 0.25) is 0 Å². The molecule has 0 N–H and O–H groups in total. The predicted molar refractivity (Wildman–Crippen MR) is 75.3 cm³/mol. The van der Waals surface area contributed by atoms with Crippen molar-refractivity contribution in [3.8, 4) is 0 Å². The molecule has 0 amide bonds. The lowest BCUT2D eigenvalue weighted by atomic mass is 10.1. The fourth-order valence-electron chi connectivity index (χ4n) is 2.08. The van der Waals surface area contributed by atoms with Crippen LogP contribution in [-0.4, -0.2) is 30.3 Å². The summed E-state index contributed by atoms with van der Waals surface area (Å²) >= 11 is 5.98. The van der Waals surface area contributed by atoms with Gasteiger partial charge in [0.05, 0.1) is 7.11 Å². The third-order valence-corrected chi connectivity index (χ3v) is 5.68. The Bertz CT molecular complexity index is 532. The summed E-state index contributed by atoms with van der Waals surface area (Å²) in [6, 6.07) is 8.89. The Morgan fingerprint density at radius 1 is 1.47 bits per heavy atom. The Morgan fingerprint density at radius 2 is 2.16 bits per heavy atom. The molecule has 2 rings (SSSR count).